The van der Waals surface area contributed by atoms with Gasteiger partial charge in [0.1, 0.15) is 0 Å². The number of nitrogens with one attached hydrogen (secondary N) is 1. The molecule has 1 unspecified atom stereocenters. The molecule has 0 amide bonds. The fourth-order valence-electron chi connectivity index (χ4n) is 1.16. The predicted octanol–water partition coefficient (Wildman–Crippen LogP) is 0.693. The quantitative estimate of drug-likeness (QED) is 0.738. The van der Waals surface area contributed by atoms with Crippen LogP contribution in [0.5, 0.6) is 0 Å². The third kappa shape index (κ3) is 2.56. The summed E-state index contributed by atoms with van der Waals surface area (Å²) in [5, 5.41) is 15.7. The summed E-state index contributed by atoms with van der Waals surface area (Å²) in [6.45, 7) is 2.80. The van der Waals surface area contributed by atoms with E-state index in [4.69, 9.17) is 5.26 Å². The summed E-state index contributed by atoms with van der Waals surface area (Å²) in [5.41, 5.74) is 1.13. The van der Waals surface area contributed by atoms with Crippen molar-refractivity contribution >= 4 is 0 Å². The maximum atomic E-state index is 8.68. The van der Waals surface area contributed by atoms with Gasteiger partial charge in [0.2, 0.25) is 0 Å². The van der Waals surface area contributed by atoms with Crippen LogP contribution in [0.2, 0.25) is 0 Å². The van der Waals surface area contributed by atoms with E-state index < -0.39 is 0 Å². The summed E-state index contributed by atoms with van der Waals surface area (Å²) < 4.78 is 1.90. The number of hydrogen-bond acceptors (Lipinski definition) is 3. The third-order valence-electron chi connectivity index (χ3n) is 2.06. The van der Waals surface area contributed by atoms with Crippen molar-refractivity contribution in [3.63, 3.8) is 0 Å². The van der Waals surface area contributed by atoms with Crippen LogP contribution >= 0.6 is 0 Å². The van der Waals surface area contributed by atoms with Crippen LogP contribution in [0, 0.1) is 18.3 Å². The molecule has 0 radical (unpaired) electrons. The first-order valence-electron chi connectivity index (χ1n) is 4.33. The van der Waals surface area contributed by atoms with E-state index in [1.807, 2.05) is 17.7 Å². The van der Waals surface area contributed by atoms with Gasteiger partial charge < -0.3 is 5.32 Å². The molecule has 70 valence electrons. The molecule has 1 atom stereocenters. The van der Waals surface area contributed by atoms with Gasteiger partial charge in [0.05, 0.1) is 12.1 Å². The van der Waals surface area contributed by atoms with Crippen molar-refractivity contribution in [1.82, 2.24) is 15.1 Å². The van der Waals surface area contributed by atoms with Crippen LogP contribution < -0.4 is 5.32 Å². The van der Waals surface area contributed by atoms with Gasteiger partial charge in [0.15, 0.2) is 0 Å². The minimum absolute atomic E-state index is 0.0800. The number of nitriles is 1. The summed E-state index contributed by atoms with van der Waals surface area (Å²) in [7, 11) is 1.80. The Morgan fingerprint density at radius 1 is 1.77 bits per heavy atom. The lowest BCUT2D eigenvalue weighted by Gasteiger charge is -2.08. The molecular weight excluding hydrogens is 164 g/mol. The molecule has 0 bridgehead atoms. The Bertz CT molecular complexity index is 297. The van der Waals surface area contributed by atoms with Crippen molar-refractivity contribution in [1.29, 1.82) is 5.26 Å². The third-order valence-corrected chi connectivity index (χ3v) is 2.06. The van der Waals surface area contributed by atoms with E-state index in [9.17, 15) is 0 Å². The zero-order valence-electron chi connectivity index (χ0n) is 7.99. The van der Waals surface area contributed by atoms with E-state index in [1.54, 1.807) is 13.2 Å². The molecule has 4 heteroatoms. The fourth-order valence-corrected chi connectivity index (χ4v) is 1.16. The van der Waals surface area contributed by atoms with Gasteiger partial charge in [-0.1, -0.05) is 0 Å². The van der Waals surface area contributed by atoms with Crippen molar-refractivity contribution in [2.75, 3.05) is 7.05 Å². The molecule has 1 heterocycles. The second kappa shape index (κ2) is 4.63. The largest absolute Gasteiger partial charge is 0.305 e. The van der Waals surface area contributed by atoms with Crippen LogP contribution in [0.25, 0.3) is 0 Å². The zero-order chi connectivity index (χ0) is 9.68. The molecule has 13 heavy (non-hydrogen) atoms. The number of aryl methyl sites for hydroxylation is 2. The number of hydrogen-bond donors (Lipinski definition) is 1. The molecule has 0 saturated heterocycles. The molecule has 1 rings (SSSR count). The van der Waals surface area contributed by atoms with Crippen LogP contribution in [0.15, 0.2) is 12.3 Å². The van der Waals surface area contributed by atoms with Crippen molar-refractivity contribution in [3.05, 3.63) is 18.0 Å². The topological polar surface area (TPSA) is 53.6 Å². The molecule has 0 aromatic carbocycles. The predicted molar refractivity (Wildman–Crippen MR) is 50.0 cm³/mol. The standard InChI is InChI=1S/C9H14N4/c1-8-3-5-12-13(8)6-4-9(7-10)11-2/h3,5,9,11H,4,6H2,1-2H3. The van der Waals surface area contributed by atoms with Gasteiger partial charge in [0.25, 0.3) is 0 Å². The molecule has 1 aromatic rings. The highest BCUT2D eigenvalue weighted by Gasteiger charge is 2.04. The second-order valence-corrected chi connectivity index (χ2v) is 2.95. The minimum atomic E-state index is -0.0800. The highest BCUT2D eigenvalue weighted by Crippen LogP contribution is 1.99. The normalized spacial score (nSPS) is 12.4. The molecule has 0 aliphatic carbocycles. The summed E-state index contributed by atoms with van der Waals surface area (Å²) >= 11 is 0. The van der Waals surface area contributed by atoms with Crippen LogP contribution in [0.1, 0.15) is 12.1 Å². The molecule has 0 aliphatic heterocycles. The van der Waals surface area contributed by atoms with Crippen LogP contribution in [-0.2, 0) is 6.54 Å². The Morgan fingerprint density at radius 3 is 3.00 bits per heavy atom. The Balaban J connectivity index is 2.44. The first kappa shape index (κ1) is 9.75. The fraction of sp³-hybridized carbons (Fsp3) is 0.556. The van der Waals surface area contributed by atoms with Gasteiger partial charge >= 0.3 is 0 Å². The van der Waals surface area contributed by atoms with Gasteiger partial charge in [-0.05, 0) is 26.5 Å². The molecule has 1 N–H and O–H groups in total. The van der Waals surface area contributed by atoms with Gasteiger partial charge in [-0.3, -0.25) is 4.68 Å². The van der Waals surface area contributed by atoms with E-state index in [0.29, 0.717) is 0 Å². The van der Waals surface area contributed by atoms with Crippen molar-refractivity contribution in [2.45, 2.75) is 25.9 Å². The zero-order valence-corrected chi connectivity index (χ0v) is 7.99. The maximum absolute atomic E-state index is 8.68. The van der Waals surface area contributed by atoms with Gasteiger partial charge in [-0.25, -0.2) is 0 Å². The number of nitrogens with zero attached hydrogens (tertiary/aromatic N) is 3. The Morgan fingerprint density at radius 2 is 2.54 bits per heavy atom. The molecule has 0 spiro atoms. The van der Waals surface area contributed by atoms with Crippen molar-refractivity contribution in [3.8, 4) is 6.07 Å². The van der Waals surface area contributed by atoms with E-state index in [-0.39, 0.29) is 6.04 Å². The monoisotopic (exact) mass is 178 g/mol. The molecule has 0 saturated carbocycles. The Kier molecular flexibility index (Phi) is 3.47. The Hall–Kier alpha value is -1.34. The second-order valence-electron chi connectivity index (χ2n) is 2.95. The lowest BCUT2D eigenvalue weighted by Crippen LogP contribution is -2.25. The smallest absolute Gasteiger partial charge is 0.0968 e. The van der Waals surface area contributed by atoms with Crippen molar-refractivity contribution in [2.24, 2.45) is 0 Å². The van der Waals surface area contributed by atoms with E-state index >= 15 is 0 Å². The van der Waals surface area contributed by atoms with Gasteiger partial charge in [0, 0.05) is 18.4 Å². The lowest BCUT2D eigenvalue weighted by molar-refractivity contribution is 0.510. The first-order chi connectivity index (χ1) is 6.27. The molecule has 0 fully saturated rings. The van der Waals surface area contributed by atoms with Crippen LogP contribution in [0.4, 0.5) is 0 Å². The summed E-state index contributed by atoms with van der Waals surface area (Å²) in [6.07, 6.45) is 2.56. The van der Waals surface area contributed by atoms with Gasteiger partial charge in [-0.2, -0.15) is 10.4 Å². The van der Waals surface area contributed by atoms with E-state index in [2.05, 4.69) is 16.5 Å². The maximum Gasteiger partial charge on any atom is 0.0968 e. The molecule has 4 nitrogen and oxygen atoms in total. The van der Waals surface area contributed by atoms with E-state index in [0.717, 1.165) is 18.7 Å². The Labute approximate surface area is 78.2 Å². The highest BCUT2D eigenvalue weighted by molar-refractivity contribution is 4.97. The minimum Gasteiger partial charge on any atom is -0.305 e. The van der Waals surface area contributed by atoms with Crippen LogP contribution in [0.3, 0.4) is 0 Å². The van der Waals surface area contributed by atoms with Crippen LogP contribution in [-0.4, -0.2) is 22.9 Å². The SMILES string of the molecule is CNC(C#N)CCn1nccc1C. The summed E-state index contributed by atoms with van der Waals surface area (Å²) in [4.78, 5) is 0. The average molecular weight is 178 g/mol. The van der Waals surface area contributed by atoms with E-state index in [1.165, 1.54) is 0 Å². The summed E-state index contributed by atoms with van der Waals surface area (Å²) in [5.74, 6) is 0. The summed E-state index contributed by atoms with van der Waals surface area (Å²) in [6, 6.07) is 4.06. The molecule has 1 aromatic heterocycles. The lowest BCUT2D eigenvalue weighted by atomic mass is 10.2. The number of rotatable bonds is 4. The highest BCUT2D eigenvalue weighted by atomic mass is 15.3. The van der Waals surface area contributed by atoms with Gasteiger partial charge in [-0.15, -0.1) is 0 Å². The van der Waals surface area contributed by atoms with Crippen molar-refractivity contribution < 1.29 is 0 Å². The number of aromatic nitrogens is 2. The first-order valence-corrected chi connectivity index (χ1v) is 4.33. The molecular formula is C9H14N4. The molecule has 0 aliphatic rings. The average Bonchev–Trinajstić information content (AvgIpc) is 2.54.